The van der Waals surface area contributed by atoms with E-state index in [4.69, 9.17) is 4.74 Å². The first kappa shape index (κ1) is 20.8. The number of carbonyl (C=O) groups is 2. The van der Waals surface area contributed by atoms with Gasteiger partial charge in [-0.05, 0) is 50.3 Å². The topological polar surface area (TPSA) is 88.8 Å². The number of fused-ring (bicyclic) bond motifs is 5. The van der Waals surface area contributed by atoms with Crippen molar-refractivity contribution in [2.75, 3.05) is 0 Å². The number of hydrogen-bond donors (Lipinski definition) is 1. The van der Waals surface area contributed by atoms with Crippen LogP contribution >= 0.6 is 0 Å². The second-order valence-corrected chi connectivity index (χ2v) is 8.74. The lowest BCUT2D eigenvalue weighted by atomic mass is 10.00. The Morgan fingerprint density at radius 3 is 2.66 bits per heavy atom. The van der Waals surface area contributed by atoms with Gasteiger partial charge in [0.15, 0.2) is 23.5 Å². The fourth-order valence-electron chi connectivity index (χ4n) is 5.09. The van der Waals surface area contributed by atoms with Crippen LogP contribution < -0.4 is 5.43 Å². The molecule has 0 spiro atoms. The van der Waals surface area contributed by atoms with Crippen LogP contribution in [-0.2, 0) is 17.7 Å². The quantitative estimate of drug-likeness (QED) is 0.733. The molecule has 9 heteroatoms. The summed E-state index contributed by atoms with van der Waals surface area (Å²) in [4.78, 5) is 40.1. The average molecular weight is 444 g/mol. The highest BCUT2D eigenvalue weighted by atomic mass is 19.1. The molecule has 1 saturated heterocycles. The SMILES string of the molecule is Cc1cc(F)c(CCC(=O)c2cn3c(c(O)c2=O)C(=O)N2C(C3)O[C@@H]3CC[C@H]2C3)c(F)c1. The number of Topliss-reactive ketones (excluding diaryl/α,β-unsaturated/α-hetero) is 1. The molecule has 2 aliphatic heterocycles. The molecule has 0 radical (unpaired) electrons. The molecule has 2 fully saturated rings. The second kappa shape index (κ2) is 7.51. The summed E-state index contributed by atoms with van der Waals surface area (Å²) in [6.07, 6.45) is 2.62. The summed E-state index contributed by atoms with van der Waals surface area (Å²) in [6.45, 7) is 1.74. The van der Waals surface area contributed by atoms with Crippen LogP contribution in [0.25, 0.3) is 0 Å². The number of halogens is 2. The number of carbonyl (C=O) groups excluding carboxylic acids is 2. The summed E-state index contributed by atoms with van der Waals surface area (Å²) in [6, 6.07) is 2.36. The molecular formula is C23H22F2N2O5. The van der Waals surface area contributed by atoms with Gasteiger partial charge in [0.05, 0.1) is 18.2 Å². The molecule has 3 aliphatic rings. The molecule has 3 heterocycles. The van der Waals surface area contributed by atoms with Crippen LogP contribution in [-0.4, -0.2) is 44.6 Å². The fourth-order valence-corrected chi connectivity index (χ4v) is 5.09. The minimum atomic E-state index is -0.958. The summed E-state index contributed by atoms with van der Waals surface area (Å²) in [5.74, 6) is -3.46. The first-order valence-corrected chi connectivity index (χ1v) is 10.7. The van der Waals surface area contributed by atoms with Crippen LogP contribution in [0, 0.1) is 18.6 Å². The highest BCUT2D eigenvalue weighted by molar-refractivity contribution is 6.00. The van der Waals surface area contributed by atoms with Crippen LogP contribution in [0.4, 0.5) is 8.78 Å². The smallest absolute Gasteiger partial charge is 0.276 e. The van der Waals surface area contributed by atoms with Gasteiger partial charge in [-0.3, -0.25) is 14.4 Å². The Morgan fingerprint density at radius 2 is 1.94 bits per heavy atom. The number of rotatable bonds is 4. The highest BCUT2D eigenvalue weighted by Crippen LogP contribution is 2.38. The Bertz CT molecular complexity index is 1180. The third-order valence-electron chi connectivity index (χ3n) is 6.64. The maximum atomic E-state index is 14.1. The van der Waals surface area contributed by atoms with Crippen molar-refractivity contribution in [3.63, 3.8) is 0 Å². The molecule has 3 atom stereocenters. The summed E-state index contributed by atoms with van der Waals surface area (Å²) in [5, 5.41) is 10.5. The molecule has 1 N–H and O–H groups in total. The molecule has 1 aromatic carbocycles. The third-order valence-corrected chi connectivity index (χ3v) is 6.64. The molecular weight excluding hydrogens is 422 g/mol. The Balaban J connectivity index is 1.44. The van der Waals surface area contributed by atoms with Gasteiger partial charge >= 0.3 is 0 Å². The molecule has 7 nitrogen and oxygen atoms in total. The number of amides is 1. The zero-order chi connectivity index (χ0) is 22.7. The zero-order valence-electron chi connectivity index (χ0n) is 17.4. The normalized spacial score (nSPS) is 23.8. The van der Waals surface area contributed by atoms with Gasteiger partial charge in [0, 0.05) is 24.2 Å². The number of nitrogens with zero attached hydrogens (tertiary/aromatic N) is 2. The fraction of sp³-hybridized carbons (Fsp3) is 0.435. The Hall–Kier alpha value is -3.07. The monoisotopic (exact) mass is 444 g/mol. The molecule has 1 aliphatic carbocycles. The number of ketones is 1. The van der Waals surface area contributed by atoms with Gasteiger partial charge in [-0.1, -0.05) is 0 Å². The second-order valence-electron chi connectivity index (χ2n) is 8.74. The van der Waals surface area contributed by atoms with Gasteiger partial charge in [0.25, 0.3) is 5.91 Å². The van der Waals surface area contributed by atoms with Gasteiger partial charge < -0.3 is 19.3 Å². The van der Waals surface area contributed by atoms with Crippen molar-refractivity contribution in [3.05, 3.63) is 62.6 Å². The average Bonchev–Trinajstić information content (AvgIpc) is 3.10. The van der Waals surface area contributed by atoms with E-state index in [0.29, 0.717) is 5.56 Å². The van der Waals surface area contributed by atoms with E-state index >= 15 is 0 Å². The van der Waals surface area contributed by atoms with Crippen LogP contribution in [0.3, 0.4) is 0 Å². The first-order chi connectivity index (χ1) is 15.2. The molecule has 5 rings (SSSR count). The maximum absolute atomic E-state index is 14.1. The van der Waals surface area contributed by atoms with Crippen LogP contribution in [0.15, 0.2) is 23.1 Å². The first-order valence-electron chi connectivity index (χ1n) is 10.7. The van der Waals surface area contributed by atoms with Crippen molar-refractivity contribution < 1.29 is 28.2 Å². The van der Waals surface area contributed by atoms with Crippen molar-refractivity contribution in [3.8, 4) is 5.75 Å². The molecule has 1 aromatic heterocycles. The maximum Gasteiger partial charge on any atom is 0.276 e. The summed E-state index contributed by atoms with van der Waals surface area (Å²) < 4.78 is 35.5. The van der Waals surface area contributed by atoms with Gasteiger partial charge in [-0.15, -0.1) is 0 Å². The van der Waals surface area contributed by atoms with E-state index < -0.39 is 40.7 Å². The summed E-state index contributed by atoms with van der Waals surface area (Å²) >= 11 is 0. The van der Waals surface area contributed by atoms with E-state index in [0.717, 1.165) is 19.3 Å². The lowest BCUT2D eigenvalue weighted by Gasteiger charge is -2.44. The largest absolute Gasteiger partial charge is 0.503 e. The van der Waals surface area contributed by atoms with E-state index in [2.05, 4.69) is 0 Å². The van der Waals surface area contributed by atoms with Crippen molar-refractivity contribution in [1.82, 2.24) is 9.47 Å². The number of aryl methyl sites for hydroxylation is 1. The lowest BCUT2D eigenvalue weighted by molar-refractivity contribution is -0.132. The van der Waals surface area contributed by atoms with Crippen LogP contribution in [0.2, 0.25) is 0 Å². The number of hydrogen-bond acceptors (Lipinski definition) is 5. The third kappa shape index (κ3) is 3.23. The van der Waals surface area contributed by atoms with E-state index in [-0.39, 0.29) is 48.4 Å². The van der Waals surface area contributed by atoms with Gasteiger partial charge in [0.2, 0.25) is 5.43 Å². The van der Waals surface area contributed by atoms with Crippen molar-refractivity contribution in [2.24, 2.45) is 0 Å². The van der Waals surface area contributed by atoms with Crippen LogP contribution in [0.5, 0.6) is 5.75 Å². The summed E-state index contributed by atoms with van der Waals surface area (Å²) in [7, 11) is 0. The van der Waals surface area contributed by atoms with Crippen molar-refractivity contribution in [2.45, 2.75) is 63.9 Å². The lowest BCUT2D eigenvalue weighted by Crippen LogP contribution is -2.57. The molecule has 2 bridgehead atoms. The van der Waals surface area contributed by atoms with Gasteiger partial charge in [0.1, 0.15) is 11.6 Å². The number of aromatic nitrogens is 1. The molecule has 1 amide bonds. The molecule has 1 saturated carbocycles. The minimum absolute atomic E-state index is 0.00936. The van der Waals surface area contributed by atoms with Crippen LogP contribution in [0.1, 0.15) is 57.7 Å². The van der Waals surface area contributed by atoms with Gasteiger partial charge in [-0.25, -0.2) is 8.78 Å². The predicted octanol–water partition coefficient (Wildman–Crippen LogP) is 2.69. The highest BCUT2D eigenvalue weighted by Gasteiger charge is 2.47. The standard InChI is InChI=1S/C23H22F2N2O5/c1-11-6-16(24)14(17(25)7-11)4-5-18(28)15-9-26-10-19-27(12-2-3-13(8-12)32-19)23(31)20(26)22(30)21(15)29/h6-7,9,12-13,19,30H,2-5,8,10H2,1H3/t12-,13+,19?/m0/s1. The van der Waals surface area contributed by atoms with E-state index in [1.54, 1.807) is 11.8 Å². The number of benzene rings is 1. The van der Waals surface area contributed by atoms with E-state index in [1.807, 2.05) is 0 Å². The van der Waals surface area contributed by atoms with Crippen molar-refractivity contribution in [1.29, 1.82) is 0 Å². The Morgan fingerprint density at radius 1 is 1.22 bits per heavy atom. The number of aromatic hydroxyl groups is 1. The molecule has 2 aromatic rings. The zero-order valence-corrected chi connectivity index (χ0v) is 17.4. The predicted molar refractivity (Wildman–Crippen MR) is 109 cm³/mol. The van der Waals surface area contributed by atoms with E-state index in [9.17, 15) is 28.3 Å². The summed E-state index contributed by atoms with van der Waals surface area (Å²) in [5.41, 5.74) is -1.25. The molecule has 32 heavy (non-hydrogen) atoms. The molecule has 168 valence electrons. The Labute approximate surface area is 182 Å². The van der Waals surface area contributed by atoms with Crippen molar-refractivity contribution >= 4 is 11.7 Å². The van der Waals surface area contributed by atoms with E-state index in [1.165, 1.54) is 22.9 Å². The number of pyridine rings is 1. The molecule has 1 unspecified atom stereocenters. The Kier molecular flexibility index (Phi) is 4.88. The van der Waals surface area contributed by atoms with Gasteiger partial charge in [-0.2, -0.15) is 0 Å². The minimum Gasteiger partial charge on any atom is -0.503 e. The number of ether oxygens (including phenoxy) is 1.